The van der Waals surface area contributed by atoms with Crippen LogP contribution in [-0.4, -0.2) is 36.5 Å². The SMILES string of the molecule is CCOC(=O)CSCC(=O)c1ccc(OCC)cc1. The zero-order valence-electron chi connectivity index (χ0n) is 11.2. The van der Waals surface area contributed by atoms with Crippen molar-refractivity contribution in [3.63, 3.8) is 0 Å². The number of rotatable bonds is 8. The van der Waals surface area contributed by atoms with E-state index in [9.17, 15) is 9.59 Å². The van der Waals surface area contributed by atoms with Crippen LogP contribution in [-0.2, 0) is 9.53 Å². The van der Waals surface area contributed by atoms with Crippen molar-refractivity contribution in [2.45, 2.75) is 13.8 Å². The van der Waals surface area contributed by atoms with E-state index < -0.39 is 0 Å². The Bertz CT molecular complexity index is 414. The van der Waals surface area contributed by atoms with Crippen molar-refractivity contribution in [2.24, 2.45) is 0 Å². The maximum atomic E-state index is 11.8. The third-order valence-electron chi connectivity index (χ3n) is 2.25. The van der Waals surface area contributed by atoms with Gasteiger partial charge in [-0.15, -0.1) is 11.8 Å². The summed E-state index contributed by atoms with van der Waals surface area (Å²) in [5.41, 5.74) is 0.625. The van der Waals surface area contributed by atoms with Gasteiger partial charge in [-0.3, -0.25) is 9.59 Å². The van der Waals surface area contributed by atoms with Gasteiger partial charge in [0.05, 0.1) is 24.7 Å². The fourth-order valence-corrected chi connectivity index (χ4v) is 2.12. The van der Waals surface area contributed by atoms with Gasteiger partial charge in [0.15, 0.2) is 5.78 Å². The number of esters is 1. The molecular weight excluding hydrogens is 264 g/mol. The number of hydrogen-bond acceptors (Lipinski definition) is 5. The molecule has 0 N–H and O–H groups in total. The highest BCUT2D eigenvalue weighted by Crippen LogP contribution is 2.14. The Balaban J connectivity index is 2.38. The maximum absolute atomic E-state index is 11.8. The van der Waals surface area contributed by atoms with Crippen molar-refractivity contribution in [1.29, 1.82) is 0 Å². The van der Waals surface area contributed by atoms with E-state index in [1.54, 1.807) is 31.2 Å². The summed E-state index contributed by atoms with van der Waals surface area (Å²) in [5, 5.41) is 0. The number of hydrogen-bond donors (Lipinski definition) is 0. The molecule has 104 valence electrons. The van der Waals surface area contributed by atoms with Crippen LogP contribution in [0.5, 0.6) is 5.75 Å². The van der Waals surface area contributed by atoms with Gasteiger partial charge in [0, 0.05) is 5.56 Å². The Hall–Kier alpha value is -1.49. The van der Waals surface area contributed by atoms with Gasteiger partial charge < -0.3 is 9.47 Å². The van der Waals surface area contributed by atoms with Crippen molar-refractivity contribution < 1.29 is 19.1 Å². The van der Waals surface area contributed by atoms with Crippen LogP contribution in [0.2, 0.25) is 0 Å². The van der Waals surface area contributed by atoms with Crippen molar-refractivity contribution in [1.82, 2.24) is 0 Å². The number of ether oxygens (including phenoxy) is 2. The van der Waals surface area contributed by atoms with E-state index in [2.05, 4.69) is 0 Å². The van der Waals surface area contributed by atoms with Gasteiger partial charge in [-0.2, -0.15) is 0 Å². The zero-order valence-corrected chi connectivity index (χ0v) is 12.0. The first-order valence-corrected chi connectivity index (χ1v) is 7.32. The summed E-state index contributed by atoms with van der Waals surface area (Å²) in [4.78, 5) is 22.9. The summed E-state index contributed by atoms with van der Waals surface area (Å²) in [5.74, 6) is 0.936. The molecule has 0 saturated carbocycles. The Kier molecular flexibility index (Phi) is 7.03. The van der Waals surface area contributed by atoms with Gasteiger partial charge >= 0.3 is 5.97 Å². The number of benzene rings is 1. The van der Waals surface area contributed by atoms with Crippen molar-refractivity contribution in [3.8, 4) is 5.75 Å². The molecule has 0 aliphatic rings. The summed E-state index contributed by atoms with van der Waals surface area (Å²) in [6, 6.07) is 7.01. The summed E-state index contributed by atoms with van der Waals surface area (Å²) < 4.78 is 10.1. The molecule has 19 heavy (non-hydrogen) atoms. The van der Waals surface area contributed by atoms with Crippen LogP contribution in [0.15, 0.2) is 24.3 Å². The van der Waals surface area contributed by atoms with Gasteiger partial charge in [0.1, 0.15) is 5.75 Å². The van der Waals surface area contributed by atoms with Crippen LogP contribution < -0.4 is 4.74 Å². The lowest BCUT2D eigenvalue weighted by atomic mass is 10.1. The van der Waals surface area contributed by atoms with Gasteiger partial charge in [-0.1, -0.05) is 0 Å². The van der Waals surface area contributed by atoms with Crippen LogP contribution in [0, 0.1) is 0 Å². The molecule has 0 unspecified atom stereocenters. The molecule has 1 aromatic rings. The molecule has 0 radical (unpaired) electrons. The molecule has 0 aromatic heterocycles. The fraction of sp³-hybridized carbons (Fsp3) is 0.429. The van der Waals surface area contributed by atoms with Crippen LogP contribution >= 0.6 is 11.8 Å². The average molecular weight is 282 g/mol. The molecule has 0 spiro atoms. The summed E-state index contributed by atoms with van der Waals surface area (Å²) in [6.07, 6.45) is 0. The predicted molar refractivity (Wildman–Crippen MR) is 75.9 cm³/mol. The summed E-state index contributed by atoms with van der Waals surface area (Å²) in [6.45, 7) is 4.63. The lowest BCUT2D eigenvalue weighted by Gasteiger charge is -2.04. The van der Waals surface area contributed by atoms with Crippen LogP contribution in [0.25, 0.3) is 0 Å². The molecule has 0 bridgehead atoms. The van der Waals surface area contributed by atoms with Crippen molar-refractivity contribution in [3.05, 3.63) is 29.8 Å². The first-order valence-electron chi connectivity index (χ1n) is 6.16. The average Bonchev–Trinajstić information content (AvgIpc) is 2.40. The molecule has 0 fully saturated rings. The lowest BCUT2D eigenvalue weighted by molar-refractivity contribution is -0.139. The highest BCUT2D eigenvalue weighted by atomic mass is 32.2. The minimum atomic E-state index is -0.285. The maximum Gasteiger partial charge on any atom is 0.315 e. The fourth-order valence-electron chi connectivity index (χ4n) is 1.42. The van der Waals surface area contributed by atoms with E-state index in [1.807, 2.05) is 6.92 Å². The quantitative estimate of drug-likeness (QED) is 0.542. The smallest absolute Gasteiger partial charge is 0.315 e. The van der Waals surface area contributed by atoms with E-state index in [0.29, 0.717) is 18.8 Å². The first-order chi connectivity index (χ1) is 9.17. The molecule has 5 heteroatoms. The van der Waals surface area contributed by atoms with E-state index >= 15 is 0 Å². The second kappa shape index (κ2) is 8.58. The van der Waals surface area contributed by atoms with Crippen LogP contribution in [0.3, 0.4) is 0 Å². The summed E-state index contributed by atoms with van der Waals surface area (Å²) >= 11 is 1.26. The molecule has 0 aliphatic heterocycles. The molecule has 4 nitrogen and oxygen atoms in total. The minimum Gasteiger partial charge on any atom is -0.494 e. The molecule has 1 aromatic carbocycles. The normalized spacial score (nSPS) is 10.0. The van der Waals surface area contributed by atoms with E-state index in [-0.39, 0.29) is 23.3 Å². The standard InChI is InChI=1S/C14H18O4S/c1-3-17-12-7-5-11(6-8-12)13(15)9-19-10-14(16)18-4-2/h5-8H,3-4,9-10H2,1-2H3. The zero-order chi connectivity index (χ0) is 14.1. The van der Waals surface area contributed by atoms with E-state index in [4.69, 9.17) is 9.47 Å². The molecule has 0 aliphatic carbocycles. The second-order valence-electron chi connectivity index (χ2n) is 3.68. The van der Waals surface area contributed by atoms with Crippen LogP contribution in [0.1, 0.15) is 24.2 Å². The third-order valence-corrected chi connectivity index (χ3v) is 3.15. The van der Waals surface area contributed by atoms with Crippen molar-refractivity contribution >= 4 is 23.5 Å². The Morgan fingerprint density at radius 3 is 2.32 bits per heavy atom. The molecule has 0 amide bonds. The van der Waals surface area contributed by atoms with Gasteiger partial charge in [-0.05, 0) is 38.1 Å². The Labute approximate surface area is 117 Å². The first kappa shape index (κ1) is 15.6. The second-order valence-corrected chi connectivity index (χ2v) is 4.66. The number of thioether (sulfide) groups is 1. The Morgan fingerprint density at radius 2 is 1.74 bits per heavy atom. The highest BCUT2D eigenvalue weighted by Gasteiger charge is 2.08. The van der Waals surface area contributed by atoms with E-state index in [0.717, 1.165) is 5.75 Å². The van der Waals surface area contributed by atoms with Crippen molar-refractivity contribution in [2.75, 3.05) is 24.7 Å². The monoisotopic (exact) mass is 282 g/mol. The molecule has 0 heterocycles. The van der Waals surface area contributed by atoms with Gasteiger partial charge in [-0.25, -0.2) is 0 Å². The van der Waals surface area contributed by atoms with Gasteiger partial charge in [0.25, 0.3) is 0 Å². The molecular formula is C14H18O4S. The van der Waals surface area contributed by atoms with E-state index in [1.165, 1.54) is 11.8 Å². The number of carbonyl (C=O) groups excluding carboxylic acids is 2. The number of Topliss-reactive ketones (excluding diaryl/α,β-unsaturated/α-hetero) is 1. The summed E-state index contributed by atoms with van der Waals surface area (Å²) in [7, 11) is 0. The lowest BCUT2D eigenvalue weighted by Crippen LogP contribution is -2.10. The predicted octanol–water partition coefficient (Wildman–Crippen LogP) is 2.56. The highest BCUT2D eigenvalue weighted by molar-refractivity contribution is 8.00. The molecule has 0 atom stereocenters. The Morgan fingerprint density at radius 1 is 1.05 bits per heavy atom. The van der Waals surface area contributed by atoms with Crippen LogP contribution in [0.4, 0.5) is 0 Å². The topological polar surface area (TPSA) is 52.6 Å². The minimum absolute atomic E-state index is 0.00246. The van der Waals surface area contributed by atoms with Gasteiger partial charge in [0.2, 0.25) is 0 Å². The number of carbonyl (C=O) groups is 2. The third kappa shape index (κ3) is 5.79. The molecule has 0 saturated heterocycles. The number of ketones is 1. The largest absolute Gasteiger partial charge is 0.494 e. The molecule has 1 rings (SSSR count).